The van der Waals surface area contributed by atoms with E-state index in [1.165, 1.54) is 6.07 Å². The van der Waals surface area contributed by atoms with Gasteiger partial charge in [-0.05, 0) is 71.8 Å². The molecule has 0 saturated carbocycles. The van der Waals surface area contributed by atoms with Crippen molar-refractivity contribution in [2.24, 2.45) is 4.99 Å². The van der Waals surface area contributed by atoms with Gasteiger partial charge in [0, 0.05) is 51.6 Å². The minimum atomic E-state index is -1.57. The Morgan fingerprint density at radius 3 is 2.40 bits per heavy atom. The van der Waals surface area contributed by atoms with E-state index in [-0.39, 0.29) is 25.5 Å². The molecule has 5 rings (SSSR count). The van der Waals surface area contributed by atoms with Gasteiger partial charge in [0.15, 0.2) is 23.3 Å². The van der Waals surface area contributed by atoms with Crippen LogP contribution in [0.1, 0.15) is 34.8 Å². The van der Waals surface area contributed by atoms with Gasteiger partial charge in [-0.25, -0.2) is 19.2 Å². The Hall–Kier alpha value is -3.54. The molecule has 0 saturated heterocycles. The van der Waals surface area contributed by atoms with Gasteiger partial charge in [0.25, 0.3) is 5.91 Å². The molecule has 0 aromatic heterocycles. The maximum atomic E-state index is 14.3. The molecule has 234 valence electrons. The Bertz CT molecular complexity index is 1690. The summed E-state index contributed by atoms with van der Waals surface area (Å²) in [6.45, 7) is 0.396. The van der Waals surface area contributed by atoms with E-state index in [2.05, 4.69) is 26.8 Å². The highest BCUT2D eigenvalue weighted by molar-refractivity contribution is 9.10. The average molecular weight is 719 g/mol. The number of nitrogens with zero attached hydrogens (tertiary/aromatic N) is 1. The van der Waals surface area contributed by atoms with E-state index >= 15 is 0 Å². The largest absolute Gasteiger partial charge is 0.494 e. The lowest BCUT2D eigenvalue weighted by molar-refractivity contribution is -0.130. The normalized spacial score (nSPS) is 17.5. The number of carbonyl (C=O) groups is 1. The monoisotopic (exact) mass is 717 g/mol. The minimum absolute atomic E-state index is 0.0127. The van der Waals surface area contributed by atoms with Crippen molar-refractivity contribution >= 4 is 50.9 Å². The van der Waals surface area contributed by atoms with Crippen molar-refractivity contribution in [2.45, 2.75) is 31.0 Å². The first kappa shape index (κ1) is 32.8. The third-order valence-electron chi connectivity index (χ3n) is 7.14. The number of benzene rings is 4. The van der Waals surface area contributed by atoms with Crippen LogP contribution in [-0.4, -0.2) is 35.7 Å². The number of hydrazine groups is 1. The second-order valence-corrected chi connectivity index (χ2v) is 12.1. The Kier molecular flexibility index (Phi) is 10.7. The molecule has 1 aliphatic heterocycles. The molecule has 0 radical (unpaired) electrons. The molecule has 1 amide bonds. The van der Waals surface area contributed by atoms with Gasteiger partial charge in [-0.15, -0.1) is 0 Å². The molecule has 0 unspecified atom stereocenters. The third-order valence-corrected chi connectivity index (χ3v) is 8.23. The summed E-state index contributed by atoms with van der Waals surface area (Å²) >= 11 is 16.3. The lowest BCUT2D eigenvalue weighted by atomic mass is 9.82. The van der Waals surface area contributed by atoms with Crippen LogP contribution >= 0.6 is 39.1 Å². The van der Waals surface area contributed by atoms with Crippen molar-refractivity contribution in [2.75, 3.05) is 13.2 Å². The van der Waals surface area contributed by atoms with Crippen LogP contribution < -0.4 is 15.6 Å². The zero-order valence-corrected chi connectivity index (χ0v) is 26.8. The van der Waals surface area contributed by atoms with Crippen LogP contribution in [0.3, 0.4) is 0 Å². The van der Waals surface area contributed by atoms with Crippen molar-refractivity contribution in [3.8, 4) is 5.75 Å². The Morgan fingerprint density at radius 1 is 0.978 bits per heavy atom. The molecule has 0 bridgehead atoms. The Balaban J connectivity index is 1.53. The molecule has 1 aliphatic rings. The zero-order chi connectivity index (χ0) is 32.0. The molecule has 0 aliphatic carbocycles. The number of amides is 1. The fourth-order valence-electron chi connectivity index (χ4n) is 4.87. The van der Waals surface area contributed by atoms with Crippen LogP contribution in [0.15, 0.2) is 94.4 Å². The standard InChI is InChI=1S/C33H28BrCl2F2N3O4/c34-23-7-2-20(3-8-23)18-33(32(43)41-39-19-21-4-13-28(37)29(38)16-21)30(26-12-9-24(35)17-27(26)36)45-31(40-33)22-5-10-25(11-6-22)44-15-1-14-42/h2-13,16-17,30,39,42H,1,14-15,18-19H2,(H,41,43)/t30-,33-/m0/s1. The summed E-state index contributed by atoms with van der Waals surface area (Å²) in [6.07, 6.45) is -0.362. The van der Waals surface area contributed by atoms with Crippen LogP contribution in [-0.2, 0) is 22.5 Å². The minimum Gasteiger partial charge on any atom is -0.494 e. The summed E-state index contributed by atoms with van der Waals surface area (Å²) in [4.78, 5) is 19.2. The van der Waals surface area contributed by atoms with E-state index in [0.717, 1.165) is 22.2 Å². The SMILES string of the molecule is O=C(NNCc1ccc(F)c(F)c1)[C@@]1(Cc2ccc(Br)cc2)N=C(c2ccc(OCCCO)cc2)O[C@H]1c1ccc(Cl)cc1Cl. The average Bonchev–Trinajstić information content (AvgIpc) is 3.40. The van der Waals surface area contributed by atoms with E-state index in [4.69, 9.17) is 42.8 Å². The number of halogens is 5. The smallest absolute Gasteiger partial charge is 0.266 e. The maximum Gasteiger partial charge on any atom is 0.266 e. The summed E-state index contributed by atoms with van der Waals surface area (Å²) < 4.78 is 40.2. The highest BCUT2D eigenvalue weighted by Gasteiger charge is 2.54. The van der Waals surface area contributed by atoms with Gasteiger partial charge < -0.3 is 14.6 Å². The number of aliphatic imine (C=N–C) groups is 1. The number of aliphatic hydroxyl groups excluding tert-OH is 1. The summed E-state index contributed by atoms with van der Waals surface area (Å²) in [6, 6.07) is 22.9. The van der Waals surface area contributed by atoms with Gasteiger partial charge in [0.1, 0.15) is 5.75 Å². The topological polar surface area (TPSA) is 92.2 Å². The van der Waals surface area contributed by atoms with Crippen molar-refractivity contribution in [3.63, 3.8) is 0 Å². The number of aliphatic hydroxyl groups is 1. The molecule has 2 atom stereocenters. The van der Waals surface area contributed by atoms with E-state index in [9.17, 15) is 13.6 Å². The van der Waals surface area contributed by atoms with Crippen LogP contribution in [0.4, 0.5) is 8.78 Å². The van der Waals surface area contributed by atoms with E-state index in [1.54, 1.807) is 42.5 Å². The number of hydrogen-bond acceptors (Lipinski definition) is 6. The summed E-state index contributed by atoms with van der Waals surface area (Å²) in [5.74, 6) is -1.69. The maximum absolute atomic E-state index is 14.3. The van der Waals surface area contributed by atoms with Crippen molar-refractivity contribution < 1.29 is 28.2 Å². The molecule has 12 heteroatoms. The van der Waals surface area contributed by atoms with Crippen LogP contribution in [0, 0.1) is 11.6 Å². The highest BCUT2D eigenvalue weighted by Crippen LogP contribution is 2.45. The number of ether oxygens (including phenoxy) is 2. The number of hydrogen-bond donors (Lipinski definition) is 3. The molecular weight excluding hydrogens is 691 g/mol. The molecule has 4 aromatic carbocycles. The van der Waals surface area contributed by atoms with Gasteiger partial charge in [-0.1, -0.05) is 63.4 Å². The van der Waals surface area contributed by atoms with Crippen LogP contribution in [0.5, 0.6) is 5.75 Å². The van der Waals surface area contributed by atoms with Crippen LogP contribution in [0.25, 0.3) is 0 Å². The molecule has 1 heterocycles. The number of carbonyl (C=O) groups excluding carboxylic acids is 1. The molecule has 0 spiro atoms. The first-order valence-corrected chi connectivity index (χ1v) is 15.5. The molecule has 4 aromatic rings. The van der Waals surface area contributed by atoms with Crippen molar-refractivity contribution in [1.82, 2.24) is 10.9 Å². The second-order valence-electron chi connectivity index (χ2n) is 10.3. The quantitative estimate of drug-likeness (QED) is 0.107. The fraction of sp³-hybridized carbons (Fsp3) is 0.212. The molecule has 7 nitrogen and oxygen atoms in total. The van der Waals surface area contributed by atoms with Gasteiger partial charge in [0.05, 0.1) is 6.61 Å². The predicted molar refractivity (Wildman–Crippen MR) is 172 cm³/mol. The Labute approximate surface area is 277 Å². The number of nitrogens with one attached hydrogen (secondary N) is 2. The lowest BCUT2D eigenvalue weighted by Crippen LogP contribution is -2.53. The first-order valence-electron chi connectivity index (χ1n) is 14.0. The van der Waals surface area contributed by atoms with E-state index in [1.807, 2.05) is 24.3 Å². The second kappa shape index (κ2) is 14.7. The van der Waals surface area contributed by atoms with Crippen molar-refractivity contribution in [1.29, 1.82) is 0 Å². The predicted octanol–water partition coefficient (Wildman–Crippen LogP) is 7.12. The lowest BCUT2D eigenvalue weighted by Gasteiger charge is -2.31. The summed E-state index contributed by atoms with van der Waals surface area (Å²) in [5, 5.41) is 9.74. The van der Waals surface area contributed by atoms with E-state index < -0.39 is 29.2 Å². The van der Waals surface area contributed by atoms with Gasteiger partial charge >= 0.3 is 0 Å². The van der Waals surface area contributed by atoms with Gasteiger partial charge in [-0.3, -0.25) is 10.2 Å². The van der Waals surface area contributed by atoms with E-state index in [0.29, 0.717) is 45.5 Å². The molecular formula is C33H28BrCl2F2N3O4. The summed E-state index contributed by atoms with van der Waals surface area (Å²) in [7, 11) is 0. The number of rotatable bonds is 12. The molecule has 0 fully saturated rings. The third kappa shape index (κ3) is 7.82. The zero-order valence-electron chi connectivity index (χ0n) is 23.7. The summed E-state index contributed by atoms with van der Waals surface area (Å²) in [5.41, 5.74) is 6.26. The first-order chi connectivity index (χ1) is 21.7. The highest BCUT2D eigenvalue weighted by atomic mass is 79.9. The van der Waals surface area contributed by atoms with Gasteiger partial charge in [-0.2, -0.15) is 0 Å². The molecule has 45 heavy (non-hydrogen) atoms. The molecule has 3 N–H and O–H groups in total. The van der Waals surface area contributed by atoms with Crippen LogP contribution in [0.2, 0.25) is 10.0 Å². The fourth-order valence-corrected chi connectivity index (χ4v) is 5.64. The Morgan fingerprint density at radius 2 is 1.71 bits per heavy atom. The van der Waals surface area contributed by atoms with Crippen molar-refractivity contribution in [3.05, 3.63) is 133 Å². The van der Waals surface area contributed by atoms with Gasteiger partial charge in [0.2, 0.25) is 5.90 Å².